The normalized spacial score (nSPS) is 22.8. The fraction of sp³-hybridized carbons (Fsp3) is 0.444. The van der Waals surface area contributed by atoms with E-state index < -0.39 is 29.4 Å². The summed E-state index contributed by atoms with van der Waals surface area (Å²) < 4.78 is 41.9. The van der Waals surface area contributed by atoms with Gasteiger partial charge in [0, 0.05) is 36.7 Å². The molecule has 0 saturated heterocycles. The lowest BCUT2D eigenvalue weighted by Gasteiger charge is -2.60. The second-order valence-electron chi connectivity index (χ2n) is 18.3. The van der Waals surface area contributed by atoms with E-state index in [-0.39, 0.29) is 69.6 Å². The molecule has 3 aliphatic rings. The number of oxime groups is 1. The molecule has 1 amide bonds. The smallest absolute Gasteiger partial charge is 0.410 e. The quantitative estimate of drug-likeness (QED) is 0.0482. The average molecular weight is 889 g/mol. The summed E-state index contributed by atoms with van der Waals surface area (Å²) in [6, 6.07) is 25.7. The molecule has 7 rings (SSSR count). The maximum absolute atomic E-state index is 14.9. The number of nitrogens with zero attached hydrogens (tertiary/aromatic N) is 2. The minimum absolute atomic E-state index is 0.000221. The van der Waals surface area contributed by atoms with Gasteiger partial charge in [-0.2, -0.15) is 0 Å². The van der Waals surface area contributed by atoms with E-state index >= 15 is 0 Å². The number of unbranched alkanes of at least 4 members (excludes halogenated alkanes) is 2. The van der Waals surface area contributed by atoms with Gasteiger partial charge in [0.25, 0.3) is 0 Å². The van der Waals surface area contributed by atoms with Gasteiger partial charge in [0.15, 0.2) is 0 Å². The first-order chi connectivity index (χ1) is 31.5. The summed E-state index contributed by atoms with van der Waals surface area (Å²) in [5, 5.41) is 27.0. The van der Waals surface area contributed by atoms with Crippen molar-refractivity contribution in [2.24, 2.45) is 22.9 Å². The standard InChI is InChI=1S/C54H65FN2O8/c1-6-8-31-61-52(60)57(35-39-22-17-21-37-18-9-11-23-42(37)39)49-34-47(56-65-53(3,4)5)44-32-38(19-13-15-28-58)43(24-14-16-29-59)50-45-33-41(62-36-40-20-10-12-25-46(40)55)26-27-48(45)64-54(49,51(44)50)63-30-7-2/h6-7,9-12,17-18,20-23,25-27,32-33,38,43,49-51,58-59H,1-2,8,13-16,19,24,28-31,34-36H2,3-5H3/t38-,43+,49-,50+,51+,54+/m0/s1. The molecule has 0 radical (unpaired) electrons. The van der Waals surface area contributed by atoms with Crippen molar-refractivity contribution in [2.45, 2.75) is 109 Å². The highest BCUT2D eigenvalue weighted by molar-refractivity contribution is 6.03. The van der Waals surface area contributed by atoms with Gasteiger partial charge in [0.05, 0.1) is 31.4 Å². The SMILES string of the molecule is C=CCCOC(=O)N(Cc1cccc2ccccc12)[C@H]1CC(=NOC(C)(C)C)C2=C[C@H](CCCCO)[C@@H](CCCCO)[C@@H]3c4cc(OCc5ccccc5F)ccc4O[C@@]1(OCC=C)[C@H]23. The van der Waals surface area contributed by atoms with Gasteiger partial charge in [0.2, 0.25) is 5.79 Å². The highest BCUT2D eigenvalue weighted by atomic mass is 19.1. The van der Waals surface area contributed by atoms with E-state index in [1.807, 2.05) is 63.2 Å². The molecule has 0 unspecified atom stereocenters. The Balaban J connectivity index is 1.47. The molecule has 0 spiro atoms. The Kier molecular flexibility index (Phi) is 15.8. The minimum atomic E-state index is -1.50. The van der Waals surface area contributed by atoms with Crippen molar-refractivity contribution in [1.82, 2.24) is 4.90 Å². The maximum atomic E-state index is 14.9. The zero-order valence-corrected chi connectivity index (χ0v) is 38.1. The van der Waals surface area contributed by atoms with Gasteiger partial charge in [-0.05, 0) is 111 Å². The maximum Gasteiger partial charge on any atom is 0.410 e. The topological polar surface area (TPSA) is 119 Å². The van der Waals surface area contributed by atoms with E-state index in [9.17, 15) is 19.4 Å². The van der Waals surface area contributed by atoms with Gasteiger partial charge < -0.3 is 34.0 Å². The van der Waals surface area contributed by atoms with Crippen LogP contribution in [0.5, 0.6) is 11.5 Å². The monoisotopic (exact) mass is 888 g/mol. The van der Waals surface area contributed by atoms with Crippen LogP contribution in [0.2, 0.25) is 0 Å². The number of rotatable bonds is 21. The molecule has 1 heterocycles. The largest absolute Gasteiger partial charge is 0.489 e. The first-order valence-electron chi connectivity index (χ1n) is 23.2. The Bertz CT molecular complexity index is 2330. The van der Waals surface area contributed by atoms with Crippen LogP contribution in [-0.4, -0.2) is 70.8 Å². The van der Waals surface area contributed by atoms with E-state index in [1.54, 1.807) is 35.3 Å². The van der Waals surface area contributed by atoms with Gasteiger partial charge in [0.1, 0.15) is 35.6 Å². The fourth-order valence-corrected chi connectivity index (χ4v) is 9.94. The van der Waals surface area contributed by atoms with E-state index in [0.717, 1.165) is 53.2 Å². The predicted molar refractivity (Wildman–Crippen MR) is 252 cm³/mol. The lowest BCUT2D eigenvalue weighted by Crippen LogP contribution is -2.70. The lowest BCUT2D eigenvalue weighted by molar-refractivity contribution is -0.256. The molecule has 1 fully saturated rings. The van der Waals surface area contributed by atoms with Crippen LogP contribution >= 0.6 is 0 Å². The number of hydrogen-bond donors (Lipinski definition) is 2. The molecule has 1 saturated carbocycles. The summed E-state index contributed by atoms with van der Waals surface area (Å²) in [6.07, 6.45) is 10.3. The molecule has 2 aliphatic carbocycles. The fourth-order valence-electron chi connectivity index (χ4n) is 9.94. The molecule has 65 heavy (non-hydrogen) atoms. The summed E-state index contributed by atoms with van der Waals surface area (Å²) in [5.74, 6) is -1.49. The second kappa shape index (κ2) is 21.7. The Hall–Kier alpha value is -5.49. The molecule has 4 aromatic rings. The van der Waals surface area contributed by atoms with E-state index in [1.165, 1.54) is 6.07 Å². The van der Waals surface area contributed by atoms with Crippen molar-refractivity contribution in [1.29, 1.82) is 0 Å². The van der Waals surface area contributed by atoms with Gasteiger partial charge in [-0.1, -0.05) is 96.9 Å². The number of aliphatic hydroxyl groups is 2. The van der Waals surface area contributed by atoms with Crippen molar-refractivity contribution >= 4 is 22.6 Å². The van der Waals surface area contributed by atoms with E-state index in [2.05, 4.69) is 37.4 Å². The minimum Gasteiger partial charge on any atom is -0.489 e. The summed E-state index contributed by atoms with van der Waals surface area (Å²) >= 11 is 0. The van der Waals surface area contributed by atoms with Crippen molar-refractivity contribution < 1.29 is 43.2 Å². The molecule has 0 aromatic heterocycles. The number of amides is 1. The Morgan fingerprint density at radius 1 is 0.938 bits per heavy atom. The molecule has 2 N–H and O–H groups in total. The van der Waals surface area contributed by atoms with Crippen LogP contribution in [-0.2, 0) is 27.5 Å². The van der Waals surface area contributed by atoms with Crippen LogP contribution in [0.3, 0.4) is 0 Å². The number of aliphatic hydroxyl groups excluding tert-OH is 2. The molecule has 10 nitrogen and oxygen atoms in total. The summed E-state index contributed by atoms with van der Waals surface area (Å²) in [6.45, 7) is 14.4. The van der Waals surface area contributed by atoms with Crippen molar-refractivity contribution in [3.8, 4) is 11.5 Å². The third-order valence-corrected chi connectivity index (χ3v) is 12.8. The van der Waals surface area contributed by atoms with Crippen LogP contribution in [0.15, 0.2) is 127 Å². The number of benzene rings is 4. The number of carbonyl (C=O) groups is 1. The molecular formula is C54H65FN2O8. The van der Waals surface area contributed by atoms with Crippen LogP contribution < -0.4 is 9.47 Å². The Labute approximate surface area is 383 Å². The van der Waals surface area contributed by atoms with Crippen LogP contribution in [0.25, 0.3) is 10.8 Å². The van der Waals surface area contributed by atoms with Gasteiger partial charge in [-0.3, -0.25) is 4.90 Å². The van der Waals surface area contributed by atoms with Gasteiger partial charge in [-0.15, -0.1) is 13.2 Å². The van der Waals surface area contributed by atoms with Gasteiger partial charge >= 0.3 is 6.09 Å². The predicted octanol–water partition coefficient (Wildman–Crippen LogP) is 11.2. The number of ether oxygens (including phenoxy) is 4. The Morgan fingerprint density at radius 2 is 1.68 bits per heavy atom. The number of halogens is 1. The van der Waals surface area contributed by atoms with Crippen molar-refractivity contribution in [3.05, 3.63) is 144 Å². The molecule has 346 valence electrons. The van der Waals surface area contributed by atoms with Crippen LogP contribution in [0.4, 0.5) is 9.18 Å². The molecular weight excluding hydrogens is 824 g/mol. The highest BCUT2D eigenvalue weighted by Crippen LogP contribution is 2.62. The van der Waals surface area contributed by atoms with Crippen LogP contribution in [0, 0.1) is 23.6 Å². The summed E-state index contributed by atoms with van der Waals surface area (Å²) in [4.78, 5) is 23.0. The third-order valence-electron chi connectivity index (χ3n) is 12.8. The lowest BCUT2D eigenvalue weighted by atomic mass is 9.55. The van der Waals surface area contributed by atoms with E-state index in [0.29, 0.717) is 42.0 Å². The average Bonchev–Trinajstić information content (AvgIpc) is 3.30. The van der Waals surface area contributed by atoms with E-state index in [4.69, 9.17) is 28.9 Å². The van der Waals surface area contributed by atoms with Crippen LogP contribution in [0.1, 0.15) is 94.7 Å². The van der Waals surface area contributed by atoms with Crippen molar-refractivity contribution in [3.63, 3.8) is 0 Å². The molecule has 6 atom stereocenters. The second-order valence-corrected chi connectivity index (χ2v) is 18.3. The number of allylic oxidation sites excluding steroid dienone is 1. The first-order valence-corrected chi connectivity index (χ1v) is 23.2. The van der Waals surface area contributed by atoms with Crippen molar-refractivity contribution in [2.75, 3.05) is 26.4 Å². The summed E-state index contributed by atoms with van der Waals surface area (Å²) in [7, 11) is 0. The molecule has 11 heteroatoms. The zero-order chi connectivity index (χ0) is 46.0. The zero-order valence-electron chi connectivity index (χ0n) is 38.1. The first kappa shape index (κ1) is 47.5. The number of fused-ring (bicyclic) bond motifs is 3. The number of hydrogen-bond acceptors (Lipinski definition) is 9. The third kappa shape index (κ3) is 10.8. The Morgan fingerprint density at radius 3 is 2.43 bits per heavy atom. The molecule has 4 aromatic carbocycles. The number of carbonyl (C=O) groups excluding carboxylic acids is 1. The molecule has 0 bridgehead atoms. The summed E-state index contributed by atoms with van der Waals surface area (Å²) in [5.41, 5.74) is 3.22. The molecule has 1 aliphatic heterocycles. The van der Waals surface area contributed by atoms with Gasteiger partial charge in [-0.25, -0.2) is 9.18 Å². The highest BCUT2D eigenvalue weighted by Gasteiger charge is 2.66.